The van der Waals surface area contributed by atoms with Crippen LogP contribution in [-0.2, 0) is 14.8 Å². The summed E-state index contributed by atoms with van der Waals surface area (Å²) in [6, 6.07) is 3.64. The van der Waals surface area contributed by atoms with Crippen LogP contribution >= 0.6 is 11.6 Å². The number of carboxylic acids is 1. The predicted molar refractivity (Wildman–Crippen MR) is 85.6 cm³/mol. The van der Waals surface area contributed by atoms with Crippen molar-refractivity contribution in [1.29, 1.82) is 0 Å². The van der Waals surface area contributed by atoms with Gasteiger partial charge in [-0.3, -0.25) is 0 Å². The number of rotatable bonds is 4. The van der Waals surface area contributed by atoms with Crippen molar-refractivity contribution in [3.63, 3.8) is 0 Å². The number of carboxylic acid groups (broad SMARTS) is 1. The van der Waals surface area contributed by atoms with Gasteiger partial charge in [-0.25, -0.2) is 13.2 Å². The Hall–Kier alpha value is -1.19. The molecule has 2 heterocycles. The summed E-state index contributed by atoms with van der Waals surface area (Å²) in [4.78, 5) is 11.1. The minimum absolute atomic E-state index is 0.0169. The van der Waals surface area contributed by atoms with Crippen molar-refractivity contribution in [3.05, 3.63) is 28.8 Å². The number of fused-ring (bicyclic) bond motifs is 1. The zero-order valence-electron chi connectivity index (χ0n) is 12.8. The van der Waals surface area contributed by atoms with Gasteiger partial charge in [0.2, 0.25) is 10.0 Å². The summed E-state index contributed by atoms with van der Waals surface area (Å²) >= 11 is 5.81. The van der Waals surface area contributed by atoms with Crippen molar-refractivity contribution in [2.24, 2.45) is 11.3 Å². The van der Waals surface area contributed by atoms with Crippen molar-refractivity contribution < 1.29 is 28.2 Å². The van der Waals surface area contributed by atoms with E-state index < -0.39 is 21.4 Å². The first-order valence-electron chi connectivity index (χ1n) is 7.52. The van der Waals surface area contributed by atoms with Gasteiger partial charge in [0.1, 0.15) is 0 Å². The van der Waals surface area contributed by atoms with Crippen LogP contribution in [0.25, 0.3) is 0 Å². The van der Waals surface area contributed by atoms with Crippen LogP contribution in [0.4, 0.5) is 0 Å². The molecule has 0 radical (unpaired) electrons. The molecule has 0 unspecified atom stereocenters. The van der Waals surface area contributed by atoms with E-state index in [2.05, 4.69) is 0 Å². The van der Waals surface area contributed by atoms with Crippen LogP contribution in [0.5, 0.6) is 0 Å². The average molecular weight is 376 g/mol. The Bertz CT molecular complexity index is 767. The lowest BCUT2D eigenvalue weighted by Crippen LogP contribution is -2.43. The van der Waals surface area contributed by atoms with Crippen molar-refractivity contribution in [3.8, 4) is 0 Å². The van der Waals surface area contributed by atoms with Crippen molar-refractivity contribution >= 4 is 27.6 Å². The highest BCUT2D eigenvalue weighted by atomic mass is 35.5. The van der Waals surface area contributed by atoms with Gasteiger partial charge in [-0.1, -0.05) is 11.6 Å². The number of sulfonamides is 1. The second kappa shape index (κ2) is 6.27. The molecule has 2 aliphatic rings. The maximum Gasteiger partial charge on any atom is 0.337 e. The van der Waals surface area contributed by atoms with E-state index in [1.165, 1.54) is 16.4 Å². The van der Waals surface area contributed by atoms with E-state index in [4.69, 9.17) is 21.4 Å². The largest absolute Gasteiger partial charge is 0.478 e. The molecule has 9 heteroatoms. The molecule has 3 rings (SSSR count). The second-order valence-corrected chi connectivity index (χ2v) is 8.65. The summed E-state index contributed by atoms with van der Waals surface area (Å²) in [7, 11) is -3.87. The molecule has 2 N–H and O–H groups in total. The van der Waals surface area contributed by atoms with Crippen molar-refractivity contribution in [1.82, 2.24) is 4.31 Å². The summed E-state index contributed by atoms with van der Waals surface area (Å²) in [5.74, 6) is -1.26. The number of nitrogens with zero attached hydrogens (tertiary/aromatic N) is 1. The lowest BCUT2D eigenvalue weighted by atomic mass is 9.76. The summed E-state index contributed by atoms with van der Waals surface area (Å²) in [6.07, 6.45) is 0.688. The van der Waals surface area contributed by atoms with Crippen LogP contribution in [-0.4, -0.2) is 61.8 Å². The van der Waals surface area contributed by atoms with E-state index in [1.54, 1.807) is 0 Å². The molecule has 132 valence electrons. The fraction of sp³-hybridized carbons (Fsp3) is 0.533. The molecule has 1 aromatic carbocycles. The van der Waals surface area contributed by atoms with Crippen LogP contribution in [0.15, 0.2) is 23.1 Å². The molecule has 0 spiro atoms. The quantitative estimate of drug-likeness (QED) is 0.815. The van der Waals surface area contributed by atoms with Crippen LogP contribution in [0.2, 0.25) is 5.02 Å². The van der Waals surface area contributed by atoms with Crippen LogP contribution in [0.1, 0.15) is 16.8 Å². The molecular weight excluding hydrogens is 358 g/mol. The normalized spacial score (nSPS) is 27.8. The first-order valence-corrected chi connectivity index (χ1v) is 9.33. The Morgan fingerprint density at radius 3 is 2.83 bits per heavy atom. The van der Waals surface area contributed by atoms with Gasteiger partial charge in [0.25, 0.3) is 0 Å². The number of ether oxygens (including phenoxy) is 1. The van der Waals surface area contributed by atoms with E-state index in [1.807, 2.05) is 0 Å². The minimum Gasteiger partial charge on any atom is -0.478 e. The number of hydrogen-bond donors (Lipinski definition) is 2. The first-order chi connectivity index (χ1) is 11.3. The van der Waals surface area contributed by atoms with E-state index >= 15 is 0 Å². The topological polar surface area (TPSA) is 104 Å². The van der Waals surface area contributed by atoms with Gasteiger partial charge < -0.3 is 14.9 Å². The Labute approximate surface area is 144 Å². The van der Waals surface area contributed by atoms with Gasteiger partial charge >= 0.3 is 5.97 Å². The SMILES string of the molecule is O=C(O)c1cc(S(=O)(=O)N2C[C@@H]3CCOC[C@]3(CO)C2)ccc1Cl. The Kier molecular flexibility index (Phi) is 4.61. The monoisotopic (exact) mass is 375 g/mol. The highest BCUT2D eigenvalue weighted by Gasteiger charge is 2.51. The Morgan fingerprint density at radius 2 is 2.21 bits per heavy atom. The smallest absolute Gasteiger partial charge is 0.337 e. The third kappa shape index (κ3) is 2.82. The van der Waals surface area contributed by atoms with Gasteiger partial charge in [0.05, 0.1) is 28.7 Å². The first kappa shape index (κ1) is 17.6. The molecule has 24 heavy (non-hydrogen) atoms. The van der Waals surface area contributed by atoms with Gasteiger partial charge in [-0.2, -0.15) is 4.31 Å². The van der Waals surface area contributed by atoms with Gasteiger partial charge in [0, 0.05) is 25.1 Å². The number of carbonyl (C=O) groups is 1. The van der Waals surface area contributed by atoms with E-state index in [9.17, 15) is 18.3 Å². The standard InChI is InChI=1S/C15H18ClNO6S/c16-13-2-1-11(5-12(13)14(19)20)24(21,22)17-6-10-3-4-23-9-15(10,7-17)8-18/h1-2,5,10,18H,3-4,6-9H2,(H,19,20)/t10-,15+/m0/s1. The molecule has 2 saturated heterocycles. The third-order valence-corrected chi connectivity index (χ3v) is 7.04. The van der Waals surface area contributed by atoms with Gasteiger partial charge in [-0.15, -0.1) is 0 Å². The fourth-order valence-electron chi connectivity index (χ4n) is 3.43. The molecule has 0 aromatic heterocycles. The lowest BCUT2D eigenvalue weighted by Gasteiger charge is -2.36. The molecule has 1 aromatic rings. The van der Waals surface area contributed by atoms with Crippen LogP contribution < -0.4 is 0 Å². The predicted octanol–water partition coefficient (Wildman–Crippen LogP) is 1.06. The molecule has 2 aliphatic heterocycles. The minimum atomic E-state index is -3.87. The number of aromatic carboxylic acids is 1. The number of benzene rings is 1. The fourth-order valence-corrected chi connectivity index (χ4v) is 5.24. The molecule has 0 amide bonds. The zero-order chi connectivity index (χ0) is 17.5. The van der Waals surface area contributed by atoms with Crippen LogP contribution in [0, 0.1) is 11.3 Å². The molecule has 0 saturated carbocycles. The van der Waals surface area contributed by atoms with E-state index in [0.717, 1.165) is 6.07 Å². The molecule has 0 aliphatic carbocycles. The molecular formula is C15H18ClNO6S. The third-order valence-electron chi connectivity index (χ3n) is 4.90. The summed E-state index contributed by atoms with van der Waals surface area (Å²) in [5, 5.41) is 18.9. The van der Waals surface area contributed by atoms with Gasteiger partial charge in [-0.05, 0) is 30.5 Å². The summed E-state index contributed by atoms with van der Waals surface area (Å²) < 4.78 is 32.5. The van der Waals surface area contributed by atoms with Crippen LogP contribution in [0.3, 0.4) is 0 Å². The number of aliphatic hydroxyl groups excluding tert-OH is 1. The molecule has 7 nitrogen and oxygen atoms in total. The Balaban J connectivity index is 1.94. The average Bonchev–Trinajstić information content (AvgIpc) is 2.95. The van der Waals surface area contributed by atoms with E-state index in [-0.39, 0.29) is 41.1 Å². The van der Waals surface area contributed by atoms with Gasteiger partial charge in [0.15, 0.2) is 0 Å². The number of hydrogen-bond acceptors (Lipinski definition) is 5. The molecule has 0 bridgehead atoms. The Morgan fingerprint density at radius 1 is 1.46 bits per heavy atom. The summed E-state index contributed by atoms with van der Waals surface area (Å²) in [5.41, 5.74) is -0.845. The zero-order valence-corrected chi connectivity index (χ0v) is 14.4. The van der Waals surface area contributed by atoms with E-state index in [0.29, 0.717) is 19.6 Å². The number of halogens is 1. The maximum atomic E-state index is 12.9. The maximum absolute atomic E-state index is 12.9. The molecule has 2 fully saturated rings. The summed E-state index contributed by atoms with van der Waals surface area (Å²) in [6.45, 7) is 1.16. The molecule has 2 atom stereocenters. The highest BCUT2D eigenvalue weighted by Crippen LogP contribution is 2.43. The number of aliphatic hydroxyl groups is 1. The van der Waals surface area contributed by atoms with Crippen molar-refractivity contribution in [2.45, 2.75) is 11.3 Å². The lowest BCUT2D eigenvalue weighted by molar-refractivity contribution is -0.0552. The highest BCUT2D eigenvalue weighted by molar-refractivity contribution is 7.89. The second-order valence-electron chi connectivity index (χ2n) is 6.30. The van der Waals surface area contributed by atoms with Crippen molar-refractivity contribution in [2.75, 3.05) is 32.9 Å².